The van der Waals surface area contributed by atoms with E-state index in [9.17, 15) is 4.79 Å². The molecular weight excluding hydrogens is 278 g/mol. The number of unbranched alkanes of at least 4 members (excludes halogenated alkanes) is 1. The van der Waals surface area contributed by atoms with Gasteiger partial charge >= 0.3 is 5.97 Å². The number of benzene rings is 2. The third-order valence-corrected chi connectivity index (χ3v) is 3.59. The van der Waals surface area contributed by atoms with Crippen molar-refractivity contribution >= 4 is 5.97 Å². The normalized spacial score (nSPS) is 12.5. The molecule has 0 bridgehead atoms. The Labute approximate surface area is 128 Å². The molecule has 3 rings (SSSR count). The summed E-state index contributed by atoms with van der Waals surface area (Å²) in [5, 5.41) is 8.53. The molecule has 0 N–H and O–H groups in total. The van der Waals surface area contributed by atoms with Crippen molar-refractivity contribution in [1.82, 2.24) is 0 Å². The van der Waals surface area contributed by atoms with Crippen molar-refractivity contribution in [2.24, 2.45) is 0 Å². The largest absolute Gasteiger partial charge is 0.465 e. The van der Waals surface area contributed by atoms with Crippen LogP contribution < -0.4 is 4.74 Å². The zero-order valence-electron chi connectivity index (χ0n) is 12.0. The van der Waals surface area contributed by atoms with Crippen molar-refractivity contribution in [3.63, 3.8) is 0 Å². The zero-order chi connectivity index (χ0) is 15.4. The minimum Gasteiger partial charge on any atom is -0.465 e. The Kier molecular flexibility index (Phi) is 4.06. The van der Waals surface area contributed by atoms with E-state index in [1.54, 1.807) is 0 Å². The summed E-state index contributed by atoms with van der Waals surface area (Å²) < 4.78 is 11.2. The number of ether oxygens (including phenoxy) is 2. The van der Waals surface area contributed by atoms with E-state index in [0.717, 1.165) is 11.1 Å². The topological polar surface area (TPSA) is 59.3 Å². The molecule has 0 amide bonds. The lowest BCUT2D eigenvalue weighted by Crippen LogP contribution is -2.21. The average Bonchev–Trinajstić information content (AvgIpc) is 2.56. The number of carbonyl (C=O) groups excluding carboxylic acids is 1. The van der Waals surface area contributed by atoms with E-state index < -0.39 is 5.92 Å². The molecule has 0 radical (unpaired) electrons. The van der Waals surface area contributed by atoms with E-state index in [-0.39, 0.29) is 12.6 Å². The minimum atomic E-state index is -0.483. The summed E-state index contributed by atoms with van der Waals surface area (Å²) in [5.41, 5.74) is 1.62. The van der Waals surface area contributed by atoms with Crippen LogP contribution in [0.3, 0.4) is 0 Å². The van der Waals surface area contributed by atoms with Crippen LogP contribution in [0.1, 0.15) is 29.9 Å². The number of para-hydroxylation sites is 2. The molecule has 1 aliphatic heterocycles. The molecule has 0 aromatic heterocycles. The van der Waals surface area contributed by atoms with Crippen LogP contribution in [-0.2, 0) is 9.53 Å². The first-order valence-electron chi connectivity index (χ1n) is 7.20. The fraction of sp³-hybridized carbons (Fsp3) is 0.222. The van der Waals surface area contributed by atoms with Crippen LogP contribution in [0, 0.1) is 11.3 Å². The maximum absolute atomic E-state index is 12.5. The van der Waals surface area contributed by atoms with Crippen LogP contribution in [0.2, 0.25) is 0 Å². The molecular formula is C18H15NO3. The first-order valence-corrected chi connectivity index (χ1v) is 7.20. The van der Waals surface area contributed by atoms with Gasteiger partial charge in [-0.25, -0.2) is 0 Å². The number of rotatable bonds is 4. The highest BCUT2D eigenvalue weighted by atomic mass is 16.5. The smallest absolute Gasteiger partial charge is 0.318 e. The van der Waals surface area contributed by atoms with Gasteiger partial charge in [-0.05, 0) is 18.6 Å². The quantitative estimate of drug-likeness (QED) is 0.636. The Hall–Kier alpha value is -2.80. The Morgan fingerprint density at radius 3 is 2.27 bits per heavy atom. The van der Waals surface area contributed by atoms with Crippen LogP contribution in [0.4, 0.5) is 0 Å². The second-order valence-electron chi connectivity index (χ2n) is 5.04. The van der Waals surface area contributed by atoms with E-state index in [1.807, 2.05) is 54.6 Å². The number of carbonyl (C=O) groups is 1. The van der Waals surface area contributed by atoms with Gasteiger partial charge in [-0.15, -0.1) is 0 Å². The molecule has 4 heteroatoms. The van der Waals surface area contributed by atoms with Crippen LogP contribution in [-0.4, -0.2) is 12.6 Å². The highest BCUT2D eigenvalue weighted by molar-refractivity contribution is 5.85. The molecule has 0 saturated heterocycles. The molecule has 0 fully saturated rings. The molecule has 2 aromatic rings. The van der Waals surface area contributed by atoms with Gasteiger partial charge in [0.15, 0.2) is 0 Å². The third-order valence-electron chi connectivity index (χ3n) is 3.59. The number of nitrogens with zero attached hydrogens (tertiary/aromatic N) is 1. The van der Waals surface area contributed by atoms with Crippen LogP contribution >= 0.6 is 0 Å². The van der Waals surface area contributed by atoms with E-state index >= 15 is 0 Å². The van der Waals surface area contributed by atoms with Gasteiger partial charge in [0.1, 0.15) is 17.4 Å². The maximum atomic E-state index is 12.5. The fourth-order valence-corrected chi connectivity index (χ4v) is 2.57. The fourth-order valence-electron chi connectivity index (χ4n) is 2.57. The van der Waals surface area contributed by atoms with Crippen molar-refractivity contribution < 1.29 is 14.3 Å². The van der Waals surface area contributed by atoms with E-state index in [4.69, 9.17) is 14.7 Å². The van der Waals surface area contributed by atoms with E-state index in [1.165, 1.54) is 0 Å². The lowest BCUT2D eigenvalue weighted by Gasteiger charge is -2.26. The average molecular weight is 293 g/mol. The molecule has 0 unspecified atom stereocenters. The van der Waals surface area contributed by atoms with Gasteiger partial charge in [0, 0.05) is 17.5 Å². The lowest BCUT2D eigenvalue weighted by molar-refractivity contribution is -0.144. The van der Waals surface area contributed by atoms with Crippen LogP contribution in [0.5, 0.6) is 11.5 Å². The van der Waals surface area contributed by atoms with Gasteiger partial charge in [-0.1, -0.05) is 36.4 Å². The Morgan fingerprint density at radius 1 is 1.09 bits per heavy atom. The second-order valence-corrected chi connectivity index (χ2v) is 5.04. The summed E-state index contributed by atoms with van der Waals surface area (Å²) in [7, 11) is 0. The zero-order valence-corrected chi connectivity index (χ0v) is 12.0. The van der Waals surface area contributed by atoms with E-state index in [2.05, 4.69) is 0 Å². The van der Waals surface area contributed by atoms with Crippen molar-refractivity contribution in [1.29, 1.82) is 5.26 Å². The molecule has 0 atom stereocenters. The Morgan fingerprint density at radius 2 is 1.68 bits per heavy atom. The van der Waals surface area contributed by atoms with Crippen molar-refractivity contribution in [3.8, 4) is 17.6 Å². The van der Waals surface area contributed by atoms with Crippen molar-refractivity contribution in [2.45, 2.75) is 18.8 Å². The number of fused-ring (bicyclic) bond motifs is 2. The van der Waals surface area contributed by atoms with Crippen molar-refractivity contribution in [3.05, 3.63) is 59.7 Å². The molecule has 4 nitrogen and oxygen atoms in total. The molecule has 110 valence electrons. The molecule has 0 spiro atoms. The number of nitriles is 1. The molecule has 1 heterocycles. The monoisotopic (exact) mass is 293 g/mol. The Balaban J connectivity index is 1.89. The summed E-state index contributed by atoms with van der Waals surface area (Å²) in [6, 6.07) is 17.0. The first-order chi connectivity index (χ1) is 10.8. The Bertz CT molecular complexity index is 688. The maximum Gasteiger partial charge on any atom is 0.318 e. The summed E-state index contributed by atoms with van der Waals surface area (Å²) in [4.78, 5) is 12.5. The van der Waals surface area contributed by atoms with Gasteiger partial charge < -0.3 is 9.47 Å². The van der Waals surface area contributed by atoms with Gasteiger partial charge in [0.05, 0.1) is 12.7 Å². The number of esters is 1. The molecule has 0 saturated carbocycles. The standard InChI is InChI=1S/C18H15NO3/c19-11-5-6-12-21-18(20)17-13-7-1-3-9-15(13)22-16-10-4-2-8-14(16)17/h1-4,7-10,17H,5-6,12H2. The summed E-state index contributed by atoms with van der Waals surface area (Å²) in [6.07, 6.45) is 0.934. The van der Waals surface area contributed by atoms with Gasteiger partial charge in [-0.3, -0.25) is 4.79 Å². The highest BCUT2D eigenvalue weighted by Crippen LogP contribution is 2.44. The lowest BCUT2D eigenvalue weighted by atomic mass is 9.88. The summed E-state index contributed by atoms with van der Waals surface area (Å²) in [6.45, 7) is 0.258. The van der Waals surface area contributed by atoms with Crippen LogP contribution in [0.15, 0.2) is 48.5 Å². The summed E-state index contributed by atoms with van der Waals surface area (Å²) in [5.74, 6) is 0.574. The number of hydrogen-bond acceptors (Lipinski definition) is 4. The van der Waals surface area contributed by atoms with Gasteiger partial charge in [-0.2, -0.15) is 5.26 Å². The SMILES string of the molecule is N#CCCCOC(=O)C1c2ccccc2Oc2ccccc21. The second kappa shape index (κ2) is 6.31. The van der Waals surface area contributed by atoms with E-state index in [0.29, 0.717) is 24.3 Å². The highest BCUT2D eigenvalue weighted by Gasteiger charge is 2.33. The van der Waals surface area contributed by atoms with Gasteiger partial charge in [0.2, 0.25) is 0 Å². The predicted octanol–water partition coefficient (Wildman–Crippen LogP) is 3.77. The van der Waals surface area contributed by atoms with Gasteiger partial charge in [0.25, 0.3) is 0 Å². The first kappa shape index (κ1) is 14.2. The van der Waals surface area contributed by atoms with Crippen molar-refractivity contribution in [2.75, 3.05) is 6.61 Å². The van der Waals surface area contributed by atoms with Crippen LogP contribution in [0.25, 0.3) is 0 Å². The molecule has 1 aliphatic rings. The molecule has 2 aromatic carbocycles. The molecule has 0 aliphatic carbocycles. The minimum absolute atomic E-state index is 0.258. The number of hydrogen-bond donors (Lipinski definition) is 0. The predicted molar refractivity (Wildman–Crippen MR) is 80.6 cm³/mol. The third kappa shape index (κ3) is 2.66. The molecule has 22 heavy (non-hydrogen) atoms. The summed E-state index contributed by atoms with van der Waals surface area (Å²) >= 11 is 0.